The SMILES string of the molecule is C.C.CN1CCN(c2cccc(N)c2)CC1.CN1CCN(c2cccc([N+](=O)[O-])c2)CC1.CNC(=O)C1CN(c2ccnc(Nc3cccc(N4CCN(C)CC4)c3)n2)c2ccccc21.CNC(=O)C1CN(c2ccnc(Nc3cccc(N4CCN(C)CC4)c3)n2)c2ccccc21.C[n+]1ccncc1.Cl.N.NC(=O)c1cn(-c2ccnc(Cl)n2)c2ccccc12.O=[N+]([O-])c1cccc(F)c1.[Fe]. The number of carbonyl (C=O) groups is 3. The van der Waals surface area contributed by atoms with Crippen LogP contribution >= 0.6 is 24.0 Å². The summed E-state index contributed by atoms with van der Waals surface area (Å²) >= 11 is 5.79. The van der Waals surface area contributed by atoms with E-state index in [0.717, 1.165) is 185 Å². The van der Waals surface area contributed by atoms with E-state index in [1.165, 1.54) is 35.3 Å². The van der Waals surface area contributed by atoms with E-state index < -0.39 is 16.6 Å². The molecule has 0 aliphatic carbocycles. The number of hydrogen-bond acceptors (Lipinski definition) is 28. The Hall–Kier alpha value is -14.1. The predicted octanol–water partition coefficient (Wildman–Crippen LogP) is 13.9. The Bertz CT molecular complexity index is 5890. The molecule has 11 N–H and O–H groups in total. The van der Waals surface area contributed by atoms with Crippen LogP contribution in [0.5, 0.6) is 0 Å². The Morgan fingerprint density at radius 3 is 1.26 bits per heavy atom. The first kappa shape index (κ1) is 108. The minimum atomic E-state index is -0.636. The first-order valence-corrected chi connectivity index (χ1v) is 43.7. The molecule has 4 saturated heterocycles. The van der Waals surface area contributed by atoms with Crippen LogP contribution in [0.4, 0.5) is 90.5 Å². The molecule has 6 aliphatic rings. The Morgan fingerprint density at radius 2 is 0.861 bits per heavy atom. The summed E-state index contributed by atoms with van der Waals surface area (Å²) < 4.78 is 15.9. The van der Waals surface area contributed by atoms with Gasteiger partial charge in [0.1, 0.15) is 30.3 Å². The fourth-order valence-electron chi connectivity index (χ4n) is 15.8. The molecule has 2 unspecified atom stereocenters. The van der Waals surface area contributed by atoms with E-state index in [2.05, 4.69) is 166 Å². The molecule has 4 fully saturated rings. The van der Waals surface area contributed by atoms with Crippen molar-refractivity contribution >= 4 is 139 Å². The number of likely N-dealkylation sites (N-methyl/N-ethyl adjacent to an activating group) is 6. The molecule has 724 valence electrons. The number of nitrogens with zero attached hydrogens (tertiary/aromatic N) is 21. The summed E-state index contributed by atoms with van der Waals surface area (Å²) in [6, 6.07) is 65.3. The van der Waals surface area contributed by atoms with E-state index in [9.17, 15) is 39.0 Å². The number of nitrogen functional groups attached to an aromatic ring is 1. The van der Waals surface area contributed by atoms with Crippen LogP contribution in [0.1, 0.15) is 48.2 Å². The molecule has 137 heavy (non-hydrogen) atoms. The van der Waals surface area contributed by atoms with Gasteiger partial charge in [0.15, 0.2) is 12.4 Å². The molecule has 0 radical (unpaired) electrons. The van der Waals surface area contributed by atoms with Crippen LogP contribution in [-0.2, 0) is 33.7 Å². The third-order valence-electron chi connectivity index (χ3n) is 23.1. The zero-order valence-corrected chi connectivity index (χ0v) is 79.0. The van der Waals surface area contributed by atoms with Crippen molar-refractivity contribution in [3.8, 4) is 5.82 Å². The molecule has 0 saturated carbocycles. The van der Waals surface area contributed by atoms with Crippen molar-refractivity contribution < 1.29 is 50.3 Å². The summed E-state index contributed by atoms with van der Waals surface area (Å²) in [6.45, 7) is 17.8. The minimum Gasteiger partial charge on any atom is -0.399 e. The number of amides is 3. The number of rotatable bonds is 16. The molecule has 6 aliphatic heterocycles. The van der Waals surface area contributed by atoms with Gasteiger partial charge >= 0.3 is 0 Å². The molecule has 11 heterocycles. The maximum Gasteiger partial charge on any atom is 0.272 e. The van der Waals surface area contributed by atoms with Crippen LogP contribution < -0.4 is 72.9 Å². The van der Waals surface area contributed by atoms with Crippen molar-refractivity contribution in [3.05, 3.63) is 310 Å². The summed E-state index contributed by atoms with van der Waals surface area (Å²) in [7, 11) is 13.9. The first-order valence-electron chi connectivity index (χ1n) is 43.4. The summed E-state index contributed by atoms with van der Waals surface area (Å²) in [4.78, 5) is 109. The number of benzene rings is 8. The number of fused-ring (bicyclic) bond motifs is 3. The molecular formula is C98H122Cl2FFeN28O7+. The molecule has 3 amide bonds. The van der Waals surface area contributed by atoms with Gasteiger partial charge in [0.05, 0.1) is 51.2 Å². The van der Waals surface area contributed by atoms with Gasteiger partial charge in [-0.1, -0.05) is 99.8 Å². The van der Waals surface area contributed by atoms with E-state index in [4.69, 9.17) is 33.0 Å². The number of primary amides is 1. The number of nitro benzene ring substituents is 2. The van der Waals surface area contributed by atoms with Gasteiger partial charge in [0, 0.05) is 249 Å². The van der Waals surface area contributed by atoms with Crippen molar-refractivity contribution in [1.29, 1.82) is 0 Å². The van der Waals surface area contributed by atoms with Crippen molar-refractivity contribution in [2.45, 2.75) is 26.7 Å². The number of anilines is 13. The molecule has 19 rings (SSSR count). The van der Waals surface area contributed by atoms with Crippen LogP contribution in [0.25, 0.3) is 16.7 Å². The van der Waals surface area contributed by atoms with Crippen LogP contribution in [-0.4, -0.2) is 247 Å². The number of non-ortho nitro benzene ring substituents is 2. The van der Waals surface area contributed by atoms with Crippen LogP contribution in [0.3, 0.4) is 0 Å². The van der Waals surface area contributed by atoms with Crippen molar-refractivity contribution in [2.75, 3.05) is 206 Å². The van der Waals surface area contributed by atoms with Crippen molar-refractivity contribution in [1.82, 2.24) is 75.8 Å². The number of aryl methyl sites for hydroxylation is 1. The van der Waals surface area contributed by atoms with Crippen LogP contribution in [0.2, 0.25) is 5.28 Å². The molecule has 13 aromatic rings. The number of piperazine rings is 4. The van der Waals surface area contributed by atoms with E-state index in [-0.39, 0.29) is 95.7 Å². The Kier molecular flexibility index (Phi) is 41.6. The molecule has 2 atom stereocenters. The van der Waals surface area contributed by atoms with E-state index in [0.29, 0.717) is 36.4 Å². The molecule has 0 bridgehead atoms. The van der Waals surface area contributed by atoms with Crippen LogP contribution in [0, 0.1) is 26.0 Å². The minimum absolute atomic E-state index is 0. The standard InChI is InChI=1S/2C25H29N7O.C13H9ClN4O.C11H15N3O2.C11H17N3.C6H4FNO2.C5H7N2.2CH4.ClH.Fe.H3N/c2*1-26-24(33)21-17-32(22-9-4-3-8-20(21)22)23-10-11-27-25(29-23)28-18-6-5-7-19(16-18)31-14-12-30(2)13-15-31;14-13-16-6-5-11(17-13)18-7-9(12(15)19)8-3-1-2-4-10(8)18;1-12-5-7-13(8-6-12)10-3-2-4-11(9-10)14(15)16;1-13-5-7-14(8-6-13)11-4-2-3-10(12)9-11;7-5-2-1-3-6(4-5)8(9)10;1-7-4-2-6-3-5-7;;;;;/h2*3-11,16,21H,12-15,17H2,1-2H3,(H,26,33)(H,27,28,29);1-7H,(H2,15,19);2-4,9H,5-8H2,1H3;2-4,9H,5-8,12H2,1H3;1-4H;2-5H,1H3;2*1H4;1H;;1H3/q;;;;;;+1;;;;;. The second-order valence-electron chi connectivity index (χ2n) is 32.2. The summed E-state index contributed by atoms with van der Waals surface area (Å²) in [6.07, 6.45) is 14.0. The van der Waals surface area contributed by atoms with Gasteiger partial charge in [-0.2, -0.15) is 15.0 Å². The largest absolute Gasteiger partial charge is 0.399 e. The van der Waals surface area contributed by atoms with E-state index in [1.54, 1.807) is 74.0 Å². The zero-order valence-electron chi connectivity index (χ0n) is 76.3. The Balaban J connectivity index is 0.000000206. The van der Waals surface area contributed by atoms with Gasteiger partial charge in [-0.05, 0) is 154 Å². The topological polar surface area (TPSA) is 404 Å². The van der Waals surface area contributed by atoms with E-state index >= 15 is 0 Å². The number of nitro groups is 2. The second kappa shape index (κ2) is 52.7. The third-order valence-corrected chi connectivity index (χ3v) is 23.3. The number of nitrogens with two attached hydrogens (primary N) is 2. The molecule has 8 aromatic carbocycles. The van der Waals surface area contributed by atoms with Crippen LogP contribution in [0.15, 0.2) is 262 Å². The third kappa shape index (κ3) is 29.7. The fraction of sp³-hybridized carbons (Fsp3) is 0.296. The average Bonchev–Trinajstić information content (AvgIpc) is 1.68. The average molecular weight is 1950 g/mol. The maximum absolute atomic E-state index is 12.5. The molecule has 35 nitrogen and oxygen atoms in total. The number of carbonyl (C=O) groups excluding carboxylic acids is 3. The smallest absolute Gasteiger partial charge is 0.272 e. The maximum atomic E-state index is 12.5. The van der Waals surface area contributed by atoms with E-state index in [1.807, 2.05) is 145 Å². The summed E-state index contributed by atoms with van der Waals surface area (Å²) in [5.41, 5.74) is 23.8. The number of aromatic nitrogens is 9. The summed E-state index contributed by atoms with van der Waals surface area (Å²) in [5.74, 6) is 1.69. The van der Waals surface area contributed by atoms with Gasteiger partial charge < -0.3 is 92.5 Å². The molecule has 39 heteroatoms. The normalized spacial score (nSPS) is 15.3. The van der Waals surface area contributed by atoms with Gasteiger partial charge in [0.25, 0.3) is 17.3 Å². The first-order chi connectivity index (χ1) is 63.9. The predicted molar refractivity (Wildman–Crippen MR) is 543 cm³/mol. The van der Waals surface area contributed by atoms with Gasteiger partial charge in [-0.3, -0.25) is 39.6 Å². The summed E-state index contributed by atoms with van der Waals surface area (Å²) in [5, 5.41) is 33.9. The van der Waals surface area contributed by atoms with Gasteiger partial charge in [-0.25, -0.2) is 23.9 Å². The van der Waals surface area contributed by atoms with Gasteiger partial charge in [-0.15, -0.1) is 12.4 Å². The number of nitrogens with one attached hydrogen (secondary N) is 4. The molecular weight excluding hydrogens is 1830 g/mol. The Morgan fingerprint density at radius 1 is 0.474 bits per heavy atom. The van der Waals surface area contributed by atoms with Crippen molar-refractivity contribution in [2.24, 2.45) is 12.8 Å². The monoisotopic (exact) mass is 1950 g/mol. The number of hydrogen-bond donors (Lipinski definition) is 7. The second-order valence-corrected chi connectivity index (χ2v) is 32.5. The Labute approximate surface area is 820 Å². The fourth-order valence-corrected chi connectivity index (χ4v) is 15.9. The number of para-hydroxylation sites is 3. The van der Waals surface area contributed by atoms with Crippen molar-refractivity contribution in [3.63, 3.8) is 0 Å². The zero-order chi connectivity index (χ0) is 93.2. The van der Waals surface area contributed by atoms with Gasteiger partial charge in [0.2, 0.25) is 29.0 Å². The quantitative estimate of drug-likeness (QED) is 0.0118. The molecule has 5 aromatic heterocycles. The molecule has 0 spiro atoms. The number of halogens is 3.